The van der Waals surface area contributed by atoms with Crippen LogP contribution in [0.25, 0.3) is 0 Å². The van der Waals surface area contributed by atoms with Gasteiger partial charge in [-0.3, -0.25) is 0 Å². The molecular weight excluding hydrogens is 272 g/mol. The molecule has 5 heteroatoms. The lowest BCUT2D eigenvalue weighted by Crippen LogP contribution is -2.39. The summed E-state index contributed by atoms with van der Waals surface area (Å²) in [5.41, 5.74) is -0.400. The Balaban J connectivity index is 1.68. The van der Waals surface area contributed by atoms with E-state index >= 15 is 0 Å². The maximum atomic E-state index is 12.0. The van der Waals surface area contributed by atoms with Gasteiger partial charge in [0.05, 0.1) is 0 Å². The van der Waals surface area contributed by atoms with Crippen molar-refractivity contribution >= 4 is 17.9 Å². The molecule has 2 fully saturated rings. The quantitative estimate of drug-likeness (QED) is 0.870. The molecule has 0 aliphatic carbocycles. The molecule has 4 nitrogen and oxygen atoms in total. The molecule has 2 aliphatic heterocycles. The van der Waals surface area contributed by atoms with Crippen molar-refractivity contribution < 1.29 is 9.53 Å². The van der Waals surface area contributed by atoms with Crippen molar-refractivity contribution in [2.24, 2.45) is 5.92 Å². The third-order valence-corrected chi connectivity index (χ3v) is 4.92. The van der Waals surface area contributed by atoms with Gasteiger partial charge in [0.1, 0.15) is 5.60 Å². The molecule has 0 aromatic rings. The minimum absolute atomic E-state index is 0.170. The van der Waals surface area contributed by atoms with E-state index in [-0.39, 0.29) is 6.09 Å². The topological polar surface area (TPSA) is 41.6 Å². The number of hydrogen-bond donors (Lipinski definition) is 1. The van der Waals surface area contributed by atoms with Gasteiger partial charge in [0.25, 0.3) is 0 Å². The summed E-state index contributed by atoms with van der Waals surface area (Å²) in [6.07, 6.45) is 3.54. The molecule has 20 heavy (non-hydrogen) atoms. The Hall–Kier alpha value is -0.420. The number of thioether (sulfide) groups is 1. The number of amides is 1. The first-order valence-electron chi connectivity index (χ1n) is 7.73. The predicted molar refractivity (Wildman–Crippen MR) is 84.3 cm³/mol. The minimum Gasteiger partial charge on any atom is -0.444 e. The first kappa shape index (κ1) is 16.0. The molecule has 2 aliphatic rings. The van der Waals surface area contributed by atoms with Crippen LogP contribution in [0.5, 0.6) is 0 Å². The SMILES string of the molecule is CC(C)(C)OC(=O)N1CCC(NCC2CCSCC2)C1. The second-order valence-corrected chi connectivity index (χ2v) is 8.10. The molecule has 1 N–H and O–H groups in total. The lowest BCUT2D eigenvalue weighted by molar-refractivity contribution is 0.0291. The van der Waals surface area contributed by atoms with Crippen LogP contribution in [0.1, 0.15) is 40.0 Å². The van der Waals surface area contributed by atoms with Gasteiger partial charge in [-0.15, -0.1) is 0 Å². The van der Waals surface area contributed by atoms with Crippen molar-refractivity contribution in [1.29, 1.82) is 0 Å². The fourth-order valence-corrected chi connectivity index (χ4v) is 3.91. The number of rotatable bonds is 3. The highest BCUT2D eigenvalue weighted by atomic mass is 32.2. The van der Waals surface area contributed by atoms with Crippen LogP contribution in [0.4, 0.5) is 4.79 Å². The first-order valence-corrected chi connectivity index (χ1v) is 8.88. The third-order valence-electron chi connectivity index (χ3n) is 3.88. The van der Waals surface area contributed by atoms with Gasteiger partial charge in [-0.1, -0.05) is 0 Å². The highest BCUT2D eigenvalue weighted by Gasteiger charge is 2.29. The van der Waals surface area contributed by atoms with E-state index in [1.54, 1.807) is 0 Å². The van der Waals surface area contributed by atoms with Crippen LogP contribution in [-0.4, -0.2) is 53.8 Å². The van der Waals surface area contributed by atoms with Crippen molar-refractivity contribution in [3.63, 3.8) is 0 Å². The molecule has 2 saturated heterocycles. The van der Waals surface area contributed by atoms with Gasteiger partial charge in [-0.25, -0.2) is 4.79 Å². The van der Waals surface area contributed by atoms with Crippen molar-refractivity contribution in [3.8, 4) is 0 Å². The van der Waals surface area contributed by atoms with E-state index in [2.05, 4.69) is 17.1 Å². The fourth-order valence-electron chi connectivity index (χ4n) is 2.70. The molecule has 2 heterocycles. The van der Waals surface area contributed by atoms with Gasteiger partial charge < -0.3 is 15.0 Å². The van der Waals surface area contributed by atoms with Crippen LogP contribution >= 0.6 is 11.8 Å². The molecule has 0 saturated carbocycles. The monoisotopic (exact) mass is 300 g/mol. The second kappa shape index (κ2) is 7.03. The highest BCUT2D eigenvalue weighted by Crippen LogP contribution is 2.22. The Labute approximate surface area is 127 Å². The lowest BCUT2D eigenvalue weighted by Gasteiger charge is -2.25. The Morgan fingerprint density at radius 1 is 1.30 bits per heavy atom. The zero-order valence-electron chi connectivity index (χ0n) is 13.0. The van der Waals surface area contributed by atoms with Crippen LogP contribution in [0.3, 0.4) is 0 Å². The van der Waals surface area contributed by atoms with Crippen molar-refractivity contribution in [3.05, 3.63) is 0 Å². The number of likely N-dealkylation sites (tertiary alicyclic amines) is 1. The van der Waals surface area contributed by atoms with E-state index in [0.29, 0.717) is 6.04 Å². The van der Waals surface area contributed by atoms with Crippen LogP contribution in [0, 0.1) is 5.92 Å². The molecule has 0 aromatic carbocycles. The smallest absolute Gasteiger partial charge is 0.410 e. The number of nitrogens with zero attached hydrogens (tertiary/aromatic N) is 1. The van der Waals surface area contributed by atoms with Gasteiger partial charge in [-0.2, -0.15) is 11.8 Å². The number of carbonyl (C=O) groups is 1. The molecule has 0 aromatic heterocycles. The minimum atomic E-state index is -0.400. The molecule has 0 spiro atoms. The number of nitrogens with one attached hydrogen (secondary N) is 1. The van der Waals surface area contributed by atoms with Crippen molar-refractivity contribution in [1.82, 2.24) is 10.2 Å². The summed E-state index contributed by atoms with van der Waals surface area (Å²) in [7, 11) is 0. The summed E-state index contributed by atoms with van der Waals surface area (Å²) in [6, 6.07) is 0.442. The van der Waals surface area contributed by atoms with Gasteiger partial charge in [0.2, 0.25) is 0 Å². The average Bonchev–Trinajstić information content (AvgIpc) is 2.84. The number of ether oxygens (including phenoxy) is 1. The summed E-state index contributed by atoms with van der Waals surface area (Å²) in [4.78, 5) is 13.8. The standard InChI is InChI=1S/C15H28N2O2S/c1-15(2,3)19-14(18)17-7-4-13(11-17)16-10-12-5-8-20-9-6-12/h12-13,16H,4-11H2,1-3H3. The van der Waals surface area contributed by atoms with E-state index in [1.165, 1.54) is 24.3 Å². The summed E-state index contributed by atoms with van der Waals surface area (Å²) >= 11 is 2.07. The summed E-state index contributed by atoms with van der Waals surface area (Å²) in [5.74, 6) is 3.44. The van der Waals surface area contributed by atoms with Gasteiger partial charge >= 0.3 is 6.09 Å². The van der Waals surface area contributed by atoms with Crippen LogP contribution in [0.15, 0.2) is 0 Å². The molecule has 1 atom stereocenters. The van der Waals surface area contributed by atoms with Gasteiger partial charge in [0.15, 0.2) is 0 Å². The second-order valence-electron chi connectivity index (χ2n) is 6.88. The van der Waals surface area contributed by atoms with Gasteiger partial charge in [0, 0.05) is 19.1 Å². The summed E-state index contributed by atoms with van der Waals surface area (Å²) in [6.45, 7) is 8.45. The largest absolute Gasteiger partial charge is 0.444 e. The van der Waals surface area contributed by atoms with Crippen LogP contribution < -0.4 is 5.32 Å². The first-order chi connectivity index (χ1) is 9.44. The zero-order chi connectivity index (χ0) is 14.6. The molecule has 0 bridgehead atoms. The fraction of sp³-hybridized carbons (Fsp3) is 0.933. The van der Waals surface area contributed by atoms with E-state index in [1.807, 2.05) is 25.7 Å². The lowest BCUT2D eigenvalue weighted by atomic mass is 10.0. The van der Waals surface area contributed by atoms with E-state index < -0.39 is 5.60 Å². The molecule has 116 valence electrons. The molecule has 0 radical (unpaired) electrons. The van der Waals surface area contributed by atoms with Crippen LogP contribution in [0.2, 0.25) is 0 Å². The third kappa shape index (κ3) is 5.17. The normalized spacial score (nSPS) is 24.9. The summed E-state index contributed by atoms with van der Waals surface area (Å²) in [5, 5.41) is 3.64. The van der Waals surface area contributed by atoms with E-state index in [0.717, 1.165) is 32.0 Å². The van der Waals surface area contributed by atoms with E-state index in [4.69, 9.17) is 4.74 Å². The highest BCUT2D eigenvalue weighted by molar-refractivity contribution is 7.99. The van der Waals surface area contributed by atoms with Gasteiger partial charge in [-0.05, 0) is 64.0 Å². The maximum Gasteiger partial charge on any atom is 0.410 e. The maximum absolute atomic E-state index is 12.0. The number of carbonyl (C=O) groups excluding carboxylic acids is 1. The van der Waals surface area contributed by atoms with Crippen molar-refractivity contribution in [2.75, 3.05) is 31.1 Å². The Morgan fingerprint density at radius 3 is 2.65 bits per heavy atom. The van der Waals surface area contributed by atoms with Crippen LogP contribution in [-0.2, 0) is 4.74 Å². The van der Waals surface area contributed by atoms with Crippen molar-refractivity contribution in [2.45, 2.75) is 51.7 Å². The average molecular weight is 300 g/mol. The Morgan fingerprint density at radius 2 is 2.00 bits per heavy atom. The van der Waals surface area contributed by atoms with E-state index in [9.17, 15) is 4.79 Å². The molecular formula is C15H28N2O2S. The molecule has 2 rings (SSSR count). The Bertz CT molecular complexity index is 324. The Kier molecular flexibility index (Phi) is 5.61. The predicted octanol–water partition coefficient (Wildman–Crippen LogP) is 2.73. The number of hydrogen-bond acceptors (Lipinski definition) is 4. The molecule has 1 unspecified atom stereocenters. The summed E-state index contributed by atoms with van der Waals surface area (Å²) < 4.78 is 5.42. The molecule has 1 amide bonds. The zero-order valence-corrected chi connectivity index (χ0v) is 13.8.